The number of hydrogen-bond acceptors (Lipinski definition) is 3. The Morgan fingerprint density at radius 1 is 0.955 bits per heavy atom. The molecule has 0 heterocycles. The summed E-state index contributed by atoms with van der Waals surface area (Å²) in [6, 6.07) is 19.8. The Balaban J connectivity index is 2.31. The predicted molar refractivity (Wildman–Crippen MR) is 93.0 cm³/mol. The van der Waals surface area contributed by atoms with E-state index in [9.17, 15) is 5.11 Å². The van der Waals surface area contributed by atoms with Gasteiger partial charge in [-0.3, -0.25) is 5.01 Å². The average molecular weight is 296 g/mol. The summed E-state index contributed by atoms with van der Waals surface area (Å²) < 4.78 is 0. The van der Waals surface area contributed by atoms with Crippen LogP contribution in [0.3, 0.4) is 0 Å². The van der Waals surface area contributed by atoms with E-state index in [2.05, 4.69) is 12.0 Å². The van der Waals surface area contributed by atoms with Crippen molar-refractivity contribution >= 4 is 11.4 Å². The van der Waals surface area contributed by atoms with Gasteiger partial charge in [-0.1, -0.05) is 56.3 Å². The number of hydrazine groups is 1. The standard InChI is InChI=1S/C19H24N2O/c1-4-18(19(22)15(2)3)20-21(16-11-7-5-8-12-16)17-13-9-6-10-14-17/h4-15,18-20,22H,1H2,2-3H3/t18-,19+/m1/s1. The van der Waals surface area contributed by atoms with E-state index in [0.29, 0.717) is 0 Å². The van der Waals surface area contributed by atoms with Gasteiger partial charge in [0.25, 0.3) is 0 Å². The zero-order valence-electron chi connectivity index (χ0n) is 13.2. The van der Waals surface area contributed by atoms with Gasteiger partial charge in [-0.15, -0.1) is 6.58 Å². The van der Waals surface area contributed by atoms with E-state index in [1.54, 1.807) is 6.08 Å². The molecule has 0 bridgehead atoms. The molecule has 0 aliphatic rings. The van der Waals surface area contributed by atoms with Gasteiger partial charge >= 0.3 is 0 Å². The van der Waals surface area contributed by atoms with Crippen LogP contribution in [0.2, 0.25) is 0 Å². The average Bonchev–Trinajstić information content (AvgIpc) is 2.57. The Kier molecular flexibility index (Phi) is 5.75. The minimum Gasteiger partial charge on any atom is -0.391 e. The summed E-state index contributed by atoms with van der Waals surface area (Å²) >= 11 is 0. The van der Waals surface area contributed by atoms with E-state index in [-0.39, 0.29) is 12.0 Å². The van der Waals surface area contributed by atoms with Gasteiger partial charge in [0, 0.05) is 0 Å². The van der Waals surface area contributed by atoms with Gasteiger partial charge in [-0.2, -0.15) is 0 Å². The Hall–Kier alpha value is -2.10. The monoisotopic (exact) mass is 296 g/mol. The van der Waals surface area contributed by atoms with Crippen LogP contribution in [0, 0.1) is 5.92 Å². The first-order chi connectivity index (χ1) is 10.6. The molecule has 3 nitrogen and oxygen atoms in total. The molecule has 2 atom stereocenters. The molecule has 0 fully saturated rings. The number of nitrogens with zero attached hydrogens (tertiary/aromatic N) is 1. The van der Waals surface area contributed by atoms with E-state index >= 15 is 0 Å². The van der Waals surface area contributed by atoms with E-state index < -0.39 is 6.10 Å². The van der Waals surface area contributed by atoms with E-state index in [4.69, 9.17) is 0 Å². The van der Waals surface area contributed by atoms with Gasteiger partial charge in [-0.25, -0.2) is 5.43 Å². The van der Waals surface area contributed by atoms with E-state index in [1.807, 2.05) is 79.5 Å². The molecule has 0 saturated carbocycles. The van der Waals surface area contributed by atoms with Crippen molar-refractivity contribution in [3.63, 3.8) is 0 Å². The molecule has 2 N–H and O–H groups in total. The van der Waals surface area contributed by atoms with Crippen molar-refractivity contribution in [1.29, 1.82) is 0 Å². The summed E-state index contributed by atoms with van der Waals surface area (Å²) in [4.78, 5) is 0. The van der Waals surface area contributed by atoms with Crippen molar-refractivity contribution in [2.45, 2.75) is 26.0 Å². The second-order valence-electron chi connectivity index (χ2n) is 5.63. The van der Waals surface area contributed by atoms with Crippen LogP contribution in [0.4, 0.5) is 11.4 Å². The molecule has 2 aromatic carbocycles. The first kappa shape index (κ1) is 16.3. The highest BCUT2D eigenvalue weighted by atomic mass is 16.3. The fraction of sp³-hybridized carbons (Fsp3) is 0.263. The zero-order chi connectivity index (χ0) is 15.9. The maximum absolute atomic E-state index is 10.4. The fourth-order valence-electron chi connectivity index (χ4n) is 2.28. The number of rotatable bonds is 7. The number of nitrogens with one attached hydrogen (secondary N) is 1. The number of benzene rings is 2. The number of hydrogen-bond donors (Lipinski definition) is 2. The van der Waals surface area contributed by atoms with Gasteiger partial charge < -0.3 is 5.11 Å². The highest BCUT2D eigenvalue weighted by molar-refractivity contribution is 5.61. The Morgan fingerprint density at radius 2 is 1.41 bits per heavy atom. The molecule has 2 aromatic rings. The molecule has 0 aromatic heterocycles. The SMILES string of the molecule is C=C[C@@H](NN(c1ccccc1)c1ccccc1)[C@@H](O)C(C)C. The molecule has 22 heavy (non-hydrogen) atoms. The summed E-state index contributed by atoms with van der Waals surface area (Å²) in [6.45, 7) is 7.85. The van der Waals surface area contributed by atoms with E-state index in [0.717, 1.165) is 11.4 Å². The summed E-state index contributed by atoms with van der Waals surface area (Å²) in [5.41, 5.74) is 5.40. The predicted octanol–water partition coefficient (Wildman–Crippen LogP) is 3.90. The topological polar surface area (TPSA) is 35.5 Å². The van der Waals surface area contributed by atoms with Crippen LogP contribution < -0.4 is 10.4 Å². The van der Waals surface area contributed by atoms with Crippen LogP contribution in [0.15, 0.2) is 73.3 Å². The van der Waals surface area contributed by atoms with Crippen LogP contribution in [0.25, 0.3) is 0 Å². The van der Waals surface area contributed by atoms with Crippen LogP contribution >= 0.6 is 0 Å². The van der Waals surface area contributed by atoms with Crippen LogP contribution in [-0.4, -0.2) is 17.3 Å². The normalized spacial score (nSPS) is 13.6. The highest BCUT2D eigenvalue weighted by Gasteiger charge is 2.22. The Labute approximate surface area is 132 Å². The van der Waals surface area contributed by atoms with Crippen molar-refractivity contribution in [2.24, 2.45) is 5.92 Å². The van der Waals surface area contributed by atoms with Crippen molar-refractivity contribution in [1.82, 2.24) is 5.43 Å². The van der Waals surface area contributed by atoms with Crippen molar-refractivity contribution < 1.29 is 5.11 Å². The summed E-state index contributed by atoms with van der Waals surface area (Å²) in [7, 11) is 0. The molecule has 2 rings (SSSR count). The lowest BCUT2D eigenvalue weighted by Gasteiger charge is -2.33. The van der Waals surface area contributed by atoms with Crippen molar-refractivity contribution in [3.8, 4) is 0 Å². The molecule has 0 saturated heterocycles. The minimum atomic E-state index is -0.507. The molecule has 0 radical (unpaired) electrons. The summed E-state index contributed by atoms with van der Waals surface area (Å²) in [5.74, 6) is 0.142. The minimum absolute atomic E-state index is 0.142. The van der Waals surface area contributed by atoms with Crippen molar-refractivity contribution in [3.05, 3.63) is 73.3 Å². The van der Waals surface area contributed by atoms with Gasteiger partial charge in [0.05, 0.1) is 23.5 Å². The first-order valence-electron chi connectivity index (χ1n) is 7.60. The number of aliphatic hydroxyl groups is 1. The molecule has 0 unspecified atom stereocenters. The number of anilines is 2. The quantitative estimate of drug-likeness (QED) is 0.601. The Bertz CT molecular complexity index is 529. The third-order valence-corrected chi connectivity index (χ3v) is 3.61. The van der Waals surface area contributed by atoms with Crippen LogP contribution in [0.1, 0.15) is 13.8 Å². The van der Waals surface area contributed by atoms with Crippen LogP contribution in [0.5, 0.6) is 0 Å². The lowest BCUT2D eigenvalue weighted by atomic mass is 10.0. The lowest BCUT2D eigenvalue weighted by molar-refractivity contribution is 0.0998. The molecule has 0 amide bonds. The molecular weight excluding hydrogens is 272 g/mol. The summed E-state index contributed by atoms with van der Waals surface area (Å²) in [6.07, 6.45) is 1.25. The number of para-hydroxylation sites is 2. The largest absolute Gasteiger partial charge is 0.391 e. The maximum atomic E-state index is 10.4. The van der Waals surface area contributed by atoms with E-state index in [1.165, 1.54) is 0 Å². The molecule has 0 aliphatic carbocycles. The van der Waals surface area contributed by atoms with Gasteiger partial charge in [0.1, 0.15) is 0 Å². The molecule has 116 valence electrons. The number of aliphatic hydroxyl groups excluding tert-OH is 1. The maximum Gasteiger partial charge on any atom is 0.0769 e. The molecule has 3 heteroatoms. The first-order valence-corrected chi connectivity index (χ1v) is 7.60. The second kappa shape index (κ2) is 7.78. The third-order valence-electron chi connectivity index (χ3n) is 3.61. The zero-order valence-corrected chi connectivity index (χ0v) is 13.2. The Morgan fingerprint density at radius 3 is 1.77 bits per heavy atom. The van der Waals surface area contributed by atoms with Crippen molar-refractivity contribution in [2.75, 3.05) is 5.01 Å². The summed E-state index contributed by atoms with van der Waals surface area (Å²) in [5, 5.41) is 12.4. The fourth-order valence-corrected chi connectivity index (χ4v) is 2.28. The highest BCUT2D eigenvalue weighted by Crippen LogP contribution is 2.23. The molecule has 0 spiro atoms. The van der Waals surface area contributed by atoms with Gasteiger partial charge in [-0.05, 0) is 30.2 Å². The smallest absolute Gasteiger partial charge is 0.0769 e. The van der Waals surface area contributed by atoms with Gasteiger partial charge in [0.15, 0.2) is 0 Å². The van der Waals surface area contributed by atoms with Gasteiger partial charge in [0.2, 0.25) is 0 Å². The van der Waals surface area contributed by atoms with Crippen LogP contribution in [-0.2, 0) is 0 Å². The lowest BCUT2D eigenvalue weighted by Crippen LogP contribution is -2.48. The molecule has 0 aliphatic heterocycles. The molecular formula is C19H24N2O. The third kappa shape index (κ3) is 3.97. The second-order valence-corrected chi connectivity index (χ2v) is 5.63.